The summed E-state index contributed by atoms with van der Waals surface area (Å²) in [5, 5.41) is 0. The third kappa shape index (κ3) is 1.70. The number of halogens is 1. The van der Waals surface area contributed by atoms with E-state index in [0.717, 1.165) is 0 Å². The van der Waals surface area contributed by atoms with Crippen LogP contribution in [0.3, 0.4) is 0 Å². The van der Waals surface area contributed by atoms with Crippen LogP contribution in [0.1, 0.15) is 5.76 Å². The smallest absolute Gasteiger partial charge is 0.248 e. The molecule has 4 nitrogen and oxygen atoms in total. The molecule has 2 rings (SSSR count). The number of alkyl halides is 1. The number of hydrogen-bond acceptors (Lipinski definition) is 3. The molecule has 72 valence electrons. The SMILES string of the molecule is O=c1cccc(-c2ncc(CCl)o2)[nH]1. The number of pyridine rings is 1. The van der Waals surface area contributed by atoms with Gasteiger partial charge >= 0.3 is 0 Å². The van der Waals surface area contributed by atoms with Crippen molar-refractivity contribution in [2.24, 2.45) is 0 Å². The molecule has 0 saturated carbocycles. The van der Waals surface area contributed by atoms with Crippen molar-refractivity contribution in [2.45, 2.75) is 5.88 Å². The second kappa shape index (κ2) is 3.67. The third-order valence-electron chi connectivity index (χ3n) is 1.68. The van der Waals surface area contributed by atoms with Crippen molar-refractivity contribution in [3.8, 4) is 11.6 Å². The molecule has 5 heteroatoms. The van der Waals surface area contributed by atoms with Gasteiger partial charge in [0.1, 0.15) is 11.5 Å². The van der Waals surface area contributed by atoms with Gasteiger partial charge in [-0.2, -0.15) is 0 Å². The van der Waals surface area contributed by atoms with Gasteiger partial charge in [-0.15, -0.1) is 11.6 Å². The van der Waals surface area contributed by atoms with E-state index in [1.54, 1.807) is 12.1 Å². The highest BCUT2D eigenvalue weighted by atomic mass is 35.5. The Morgan fingerprint density at radius 2 is 2.36 bits per heavy atom. The van der Waals surface area contributed by atoms with E-state index in [-0.39, 0.29) is 11.4 Å². The first kappa shape index (κ1) is 9.02. The summed E-state index contributed by atoms with van der Waals surface area (Å²) in [6.45, 7) is 0. The molecular formula is C9H7ClN2O2. The molecule has 0 saturated heterocycles. The van der Waals surface area contributed by atoms with Crippen LogP contribution in [-0.4, -0.2) is 9.97 Å². The van der Waals surface area contributed by atoms with Crippen molar-refractivity contribution in [2.75, 3.05) is 0 Å². The number of aromatic amines is 1. The topological polar surface area (TPSA) is 58.9 Å². The predicted molar refractivity (Wildman–Crippen MR) is 52.1 cm³/mol. The van der Waals surface area contributed by atoms with Gasteiger partial charge in [-0.3, -0.25) is 4.79 Å². The van der Waals surface area contributed by atoms with E-state index in [9.17, 15) is 4.79 Å². The molecule has 0 atom stereocenters. The van der Waals surface area contributed by atoms with Gasteiger partial charge in [0.15, 0.2) is 0 Å². The first-order valence-corrected chi connectivity index (χ1v) is 4.53. The minimum atomic E-state index is -0.187. The van der Waals surface area contributed by atoms with E-state index >= 15 is 0 Å². The fourth-order valence-corrected chi connectivity index (χ4v) is 1.19. The van der Waals surface area contributed by atoms with Crippen LogP contribution >= 0.6 is 11.6 Å². The molecule has 2 heterocycles. The van der Waals surface area contributed by atoms with E-state index in [0.29, 0.717) is 17.3 Å². The minimum Gasteiger partial charge on any atom is -0.439 e. The lowest BCUT2D eigenvalue weighted by Crippen LogP contribution is -2.03. The van der Waals surface area contributed by atoms with Crippen molar-refractivity contribution in [3.05, 3.63) is 40.5 Å². The van der Waals surface area contributed by atoms with Crippen LogP contribution in [0.4, 0.5) is 0 Å². The molecule has 0 bridgehead atoms. The Morgan fingerprint density at radius 3 is 3.00 bits per heavy atom. The van der Waals surface area contributed by atoms with Gasteiger partial charge in [-0.25, -0.2) is 4.98 Å². The summed E-state index contributed by atoms with van der Waals surface area (Å²) in [6.07, 6.45) is 1.54. The average molecular weight is 211 g/mol. The normalized spacial score (nSPS) is 10.4. The minimum absolute atomic E-state index is 0.187. The summed E-state index contributed by atoms with van der Waals surface area (Å²) < 4.78 is 5.26. The number of nitrogens with zero attached hydrogens (tertiary/aromatic N) is 1. The second-order valence-corrected chi connectivity index (χ2v) is 2.96. The number of nitrogens with one attached hydrogen (secondary N) is 1. The monoisotopic (exact) mass is 210 g/mol. The molecule has 0 fully saturated rings. The highest BCUT2D eigenvalue weighted by molar-refractivity contribution is 6.16. The average Bonchev–Trinajstić information content (AvgIpc) is 2.66. The molecule has 14 heavy (non-hydrogen) atoms. The number of H-pyrrole nitrogens is 1. The maximum atomic E-state index is 11.0. The molecule has 0 radical (unpaired) electrons. The standard InChI is InChI=1S/C9H7ClN2O2/c10-4-6-5-11-9(14-6)7-2-1-3-8(13)12-7/h1-3,5H,4H2,(H,12,13). The maximum absolute atomic E-state index is 11.0. The quantitative estimate of drug-likeness (QED) is 0.769. The number of rotatable bonds is 2. The fraction of sp³-hybridized carbons (Fsp3) is 0.111. The Balaban J connectivity index is 2.44. The summed E-state index contributed by atoms with van der Waals surface area (Å²) in [4.78, 5) is 17.6. The lowest BCUT2D eigenvalue weighted by molar-refractivity contribution is 0.535. The first-order chi connectivity index (χ1) is 6.79. The van der Waals surface area contributed by atoms with E-state index in [1.807, 2.05) is 0 Å². The van der Waals surface area contributed by atoms with Crippen molar-refractivity contribution in [1.29, 1.82) is 0 Å². The molecule has 0 aliphatic carbocycles. The van der Waals surface area contributed by atoms with Crippen molar-refractivity contribution in [1.82, 2.24) is 9.97 Å². The van der Waals surface area contributed by atoms with Crippen molar-refractivity contribution in [3.63, 3.8) is 0 Å². The summed E-state index contributed by atoms with van der Waals surface area (Å²) in [6, 6.07) is 4.78. The zero-order chi connectivity index (χ0) is 9.97. The Kier molecular flexibility index (Phi) is 2.37. The van der Waals surface area contributed by atoms with Gasteiger partial charge in [0.25, 0.3) is 0 Å². The number of oxazole rings is 1. The van der Waals surface area contributed by atoms with Crippen molar-refractivity contribution < 1.29 is 4.42 Å². The highest BCUT2D eigenvalue weighted by Crippen LogP contribution is 2.16. The molecule has 2 aromatic rings. The van der Waals surface area contributed by atoms with Gasteiger partial charge in [-0.05, 0) is 6.07 Å². The Bertz CT molecular complexity index is 489. The molecule has 2 aromatic heterocycles. The van der Waals surface area contributed by atoms with E-state index in [2.05, 4.69) is 9.97 Å². The van der Waals surface area contributed by atoms with Gasteiger partial charge in [0.05, 0.1) is 12.1 Å². The van der Waals surface area contributed by atoms with Crippen LogP contribution in [0, 0.1) is 0 Å². The van der Waals surface area contributed by atoms with Crippen LogP contribution in [0.2, 0.25) is 0 Å². The summed E-state index contributed by atoms with van der Waals surface area (Å²) >= 11 is 5.55. The molecular weight excluding hydrogens is 204 g/mol. The predicted octanol–water partition coefficient (Wildman–Crippen LogP) is 1.77. The number of hydrogen-bond donors (Lipinski definition) is 1. The number of aromatic nitrogens is 2. The molecule has 0 aromatic carbocycles. The van der Waals surface area contributed by atoms with Crippen LogP contribution in [-0.2, 0) is 5.88 Å². The molecule has 1 N–H and O–H groups in total. The Labute approximate surface area is 84.6 Å². The molecule has 0 aliphatic heterocycles. The van der Waals surface area contributed by atoms with Crippen LogP contribution in [0.5, 0.6) is 0 Å². The van der Waals surface area contributed by atoms with Crippen LogP contribution < -0.4 is 5.56 Å². The van der Waals surface area contributed by atoms with E-state index in [1.165, 1.54) is 12.3 Å². The Hall–Kier alpha value is -1.55. The van der Waals surface area contributed by atoms with Crippen LogP contribution in [0.25, 0.3) is 11.6 Å². The second-order valence-electron chi connectivity index (χ2n) is 2.69. The van der Waals surface area contributed by atoms with Gasteiger partial charge < -0.3 is 9.40 Å². The molecule has 0 amide bonds. The summed E-state index contributed by atoms with van der Waals surface area (Å²) in [5.74, 6) is 1.22. The lowest BCUT2D eigenvalue weighted by Gasteiger charge is -1.93. The Morgan fingerprint density at radius 1 is 1.50 bits per heavy atom. The lowest BCUT2D eigenvalue weighted by atomic mass is 10.3. The molecule has 0 spiro atoms. The third-order valence-corrected chi connectivity index (χ3v) is 1.95. The first-order valence-electron chi connectivity index (χ1n) is 4.00. The van der Waals surface area contributed by atoms with E-state index < -0.39 is 0 Å². The van der Waals surface area contributed by atoms with Gasteiger partial charge in [-0.1, -0.05) is 6.07 Å². The van der Waals surface area contributed by atoms with Crippen molar-refractivity contribution >= 4 is 11.6 Å². The van der Waals surface area contributed by atoms with E-state index in [4.69, 9.17) is 16.0 Å². The molecule has 0 aliphatic rings. The zero-order valence-electron chi connectivity index (χ0n) is 7.16. The summed E-state index contributed by atoms with van der Waals surface area (Å²) in [7, 11) is 0. The maximum Gasteiger partial charge on any atom is 0.248 e. The highest BCUT2D eigenvalue weighted by Gasteiger charge is 2.05. The molecule has 0 unspecified atom stereocenters. The largest absolute Gasteiger partial charge is 0.439 e. The van der Waals surface area contributed by atoms with Gasteiger partial charge in [0, 0.05) is 6.07 Å². The summed E-state index contributed by atoms with van der Waals surface area (Å²) in [5.41, 5.74) is 0.363. The zero-order valence-corrected chi connectivity index (χ0v) is 7.91. The van der Waals surface area contributed by atoms with Gasteiger partial charge in [0.2, 0.25) is 11.4 Å². The fourth-order valence-electron chi connectivity index (χ4n) is 1.07. The van der Waals surface area contributed by atoms with Crippen LogP contribution in [0.15, 0.2) is 33.6 Å².